The third-order valence-corrected chi connectivity index (χ3v) is 3.85. The minimum absolute atomic E-state index is 0.209. The van der Waals surface area contributed by atoms with Crippen LogP contribution in [0.5, 0.6) is 5.75 Å². The van der Waals surface area contributed by atoms with Gasteiger partial charge in [-0.3, -0.25) is 14.6 Å². The molecule has 2 amide bonds. The Hall–Kier alpha value is -2.89. The van der Waals surface area contributed by atoms with Gasteiger partial charge in [-0.2, -0.15) is 0 Å². The summed E-state index contributed by atoms with van der Waals surface area (Å²) in [7, 11) is 1.55. The molecule has 1 heterocycles. The molecule has 0 bridgehead atoms. The van der Waals surface area contributed by atoms with Crippen LogP contribution in [-0.2, 0) is 11.3 Å². The van der Waals surface area contributed by atoms with E-state index < -0.39 is 6.04 Å². The van der Waals surface area contributed by atoms with Crippen molar-refractivity contribution in [2.24, 2.45) is 5.92 Å². The summed E-state index contributed by atoms with van der Waals surface area (Å²) >= 11 is 0. The molecule has 26 heavy (non-hydrogen) atoms. The van der Waals surface area contributed by atoms with Gasteiger partial charge >= 0.3 is 0 Å². The molecule has 2 N–H and O–H groups in total. The summed E-state index contributed by atoms with van der Waals surface area (Å²) in [5.41, 5.74) is 1.36. The number of amides is 2. The van der Waals surface area contributed by atoms with Crippen molar-refractivity contribution in [3.63, 3.8) is 0 Å². The molecular formula is C20H25N3O3. The Kier molecular flexibility index (Phi) is 7.14. The van der Waals surface area contributed by atoms with Gasteiger partial charge in [0.15, 0.2) is 0 Å². The second-order valence-corrected chi connectivity index (χ2v) is 6.47. The second kappa shape index (κ2) is 9.56. The van der Waals surface area contributed by atoms with Crippen LogP contribution in [0.4, 0.5) is 0 Å². The van der Waals surface area contributed by atoms with E-state index in [9.17, 15) is 9.59 Å². The van der Waals surface area contributed by atoms with Gasteiger partial charge in [-0.25, -0.2) is 0 Å². The summed E-state index contributed by atoms with van der Waals surface area (Å²) in [6.45, 7) is 4.40. The number of nitrogens with one attached hydrogen (secondary N) is 2. The SMILES string of the molecule is COc1cccc(C(=O)N[C@@H](CC(C)C)C(=O)NCc2cccnc2)c1. The van der Waals surface area contributed by atoms with Crippen molar-refractivity contribution in [1.29, 1.82) is 0 Å². The Morgan fingerprint density at radius 3 is 2.65 bits per heavy atom. The molecule has 2 aromatic rings. The highest BCUT2D eigenvalue weighted by molar-refractivity contribution is 5.97. The number of rotatable bonds is 8. The average molecular weight is 355 g/mol. The summed E-state index contributed by atoms with van der Waals surface area (Å²) in [5, 5.41) is 5.70. The third-order valence-electron chi connectivity index (χ3n) is 3.85. The highest BCUT2D eigenvalue weighted by atomic mass is 16.5. The van der Waals surface area contributed by atoms with Crippen molar-refractivity contribution in [3.05, 3.63) is 59.9 Å². The smallest absolute Gasteiger partial charge is 0.252 e. The van der Waals surface area contributed by atoms with Crippen LogP contribution < -0.4 is 15.4 Å². The maximum Gasteiger partial charge on any atom is 0.252 e. The molecule has 0 aliphatic heterocycles. The third kappa shape index (κ3) is 5.88. The molecule has 0 unspecified atom stereocenters. The van der Waals surface area contributed by atoms with E-state index in [2.05, 4.69) is 15.6 Å². The Bertz CT molecular complexity index is 732. The molecule has 0 saturated carbocycles. The molecule has 6 nitrogen and oxygen atoms in total. The Labute approximate surface area is 154 Å². The normalized spacial score (nSPS) is 11.7. The molecule has 1 aromatic carbocycles. The molecule has 0 aliphatic carbocycles. The van der Waals surface area contributed by atoms with E-state index in [-0.39, 0.29) is 17.7 Å². The lowest BCUT2D eigenvalue weighted by Crippen LogP contribution is -2.47. The standard InChI is InChI=1S/C20H25N3O3/c1-14(2)10-18(20(25)22-13-15-6-5-9-21-12-15)23-19(24)16-7-4-8-17(11-16)26-3/h4-9,11-12,14,18H,10,13H2,1-3H3,(H,22,25)(H,23,24)/t18-/m0/s1. The first-order valence-corrected chi connectivity index (χ1v) is 8.61. The molecule has 0 aliphatic rings. The molecule has 0 saturated heterocycles. The molecule has 0 fully saturated rings. The van der Waals surface area contributed by atoms with E-state index in [0.29, 0.717) is 24.3 Å². The van der Waals surface area contributed by atoms with Crippen molar-refractivity contribution >= 4 is 11.8 Å². The highest BCUT2D eigenvalue weighted by Crippen LogP contribution is 2.13. The lowest BCUT2D eigenvalue weighted by molar-refractivity contribution is -0.123. The van der Waals surface area contributed by atoms with Crippen LogP contribution in [-0.4, -0.2) is 29.9 Å². The summed E-state index contributed by atoms with van der Waals surface area (Å²) < 4.78 is 5.14. The van der Waals surface area contributed by atoms with Crippen LogP contribution in [0.3, 0.4) is 0 Å². The lowest BCUT2D eigenvalue weighted by atomic mass is 10.0. The van der Waals surface area contributed by atoms with Crippen LogP contribution in [0.2, 0.25) is 0 Å². The number of hydrogen-bond donors (Lipinski definition) is 2. The molecule has 6 heteroatoms. The topological polar surface area (TPSA) is 80.3 Å². The molecule has 1 aromatic heterocycles. The van der Waals surface area contributed by atoms with Gasteiger partial charge in [-0.1, -0.05) is 26.0 Å². The molecular weight excluding hydrogens is 330 g/mol. The maximum absolute atomic E-state index is 12.6. The minimum atomic E-state index is -0.606. The monoisotopic (exact) mass is 355 g/mol. The van der Waals surface area contributed by atoms with Gasteiger partial charge in [0.2, 0.25) is 5.91 Å². The van der Waals surface area contributed by atoms with Crippen molar-refractivity contribution in [3.8, 4) is 5.75 Å². The number of carbonyl (C=O) groups excluding carboxylic acids is 2. The van der Waals surface area contributed by atoms with Crippen LogP contribution in [0, 0.1) is 5.92 Å². The van der Waals surface area contributed by atoms with Gasteiger partial charge in [-0.05, 0) is 42.2 Å². The summed E-state index contributed by atoms with van der Waals surface area (Å²) in [6, 6.07) is 9.95. The van der Waals surface area contributed by atoms with Gasteiger partial charge in [0.1, 0.15) is 11.8 Å². The average Bonchev–Trinajstić information content (AvgIpc) is 2.66. The van der Waals surface area contributed by atoms with Crippen molar-refractivity contribution in [2.75, 3.05) is 7.11 Å². The number of nitrogens with zero attached hydrogens (tertiary/aromatic N) is 1. The van der Waals surface area contributed by atoms with E-state index >= 15 is 0 Å². The van der Waals surface area contributed by atoms with E-state index in [4.69, 9.17) is 4.74 Å². The Balaban J connectivity index is 2.03. The summed E-state index contributed by atoms with van der Waals surface area (Å²) in [4.78, 5) is 29.1. The second-order valence-electron chi connectivity index (χ2n) is 6.47. The number of pyridine rings is 1. The van der Waals surface area contributed by atoms with E-state index in [1.165, 1.54) is 0 Å². The van der Waals surface area contributed by atoms with Crippen LogP contribution in [0.15, 0.2) is 48.8 Å². The molecule has 0 radical (unpaired) electrons. The fourth-order valence-corrected chi connectivity index (χ4v) is 2.52. The Morgan fingerprint density at radius 2 is 2.00 bits per heavy atom. The zero-order chi connectivity index (χ0) is 18.9. The van der Waals surface area contributed by atoms with Gasteiger partial charge in [0.05, 0.1) is 7.11 Å². The van der Waals surface area contributed by atoms with E-state index in [1.807, 2.05) is 26.0 Å². The molecule has 2 rings (SSSR count). The molecule has 0 spiro atoms. The fourth-order valence-electron chi connectivity index (χ4n) is 2.52. The maximum atomic E-state index is 12.6. The van der Waals surface area contributed by atoms with Gasteiger partial charge in [-0.15, -0.1) is 0 Å². The first-order valence-electron chi connectivity index (χ1n) is 8.61. The van der Waals surface area contributed by atoms with E-state index in [0.717, 1.165) is 5.56 Å². The van der Waals surface area contributed by atoms with E-state index in [1.54, 1.807) is 43.8 Å². The number of hydrogen-bond acceptors (Lipinski definition) is 4. The van der Waals surface area contributed by atoms with Gasteiger partial charge in [0.25, 0.3) is 5.91 Å². The van der Waals surface area contributed by atoms with Crippen molar-refractivity contribution in [2.45, 2.75) is 32.9 Å². The van der Waals surface area contributed by atoms with Crippen LogP contribution in [0.1, 0.15) is 36.2 Å². The minimum Gasteiger partial charge on any atom is -0.497 e. The molecule has 138 valence electrons. The zero-order valence-corrected chi connectivity index (χ0v) is 15.4. The van der Waals surface area contributed by atoms with Crippen molar-refractivity contribution in [1.82, 2.24) is 15.6 Å². The lowest BCUT2D eigenvalue weighted by Gasteiger charge is -2.20. The first-order chi connectivity index (χ1) is 12.5. The van der Waals surface area contributed by atoms with Gasteiger partial charge < -0.3 is 15.4 Å². The predicted octanol–water partition coefficient (Wildman–Crippen LogP) is 2.55. The quantitative estimate of drug-likeness (QED) is 0.763. The number of carbonyl (C=O) groups is 2. The largest absolute Gasteiger partial charge is 0.497 e. The summed E-state index contributed by atoms with van der Waals surface area (Å²) in [5.74, 6) is 0.346. The number of benzene rings is 1. The summed E-state index contributed by atoms with van der Waals surface area (Å²) in [6.07, 6.45) is 3.93. The van der Waals surface area contributed by atoms with Crippen LogP contribution in [0.25, 0.3) is 0 Å². The zero-order valence-electron chi connectivity index (χ0n) is 15.4. The number of aromatic nitrogens is 1. The Morgan fingerprint density at radius 1 is 1.19 bits per heavy atom. The van der Waals surface area contributed by atoms with Crippen LogP contribution >= 0.6 is 0 Å². The number of methoxy groups -OCH3 is 1. The molecule has 1 atom stereocenters. The number of ether oxygens (including phenoxy) is 1. The van der Waals surface area contributed by atoms with Gasteiger partial charge in [0, 0.05) is 24.5 Å². The highest BCUT2D eigenvalue weighted by Gasteiger charge is 2.22. The van der Waals surface area contributed by atoms with Crippen molar-refractivity contribution < 1.29 is 14.3 Å². The first kappa shape index (κ1) is 19.4. The fraction of sp³-hybridized carbons (Fsp3) is 0.350. The predicted molar refractivity (Wildman–Crippen MR) is 99.8 cm³/mol.